The Morgan fingerprint density at radius 1 is 1.05 bits per heavy atom. The zero-order chi connectivity index (χ0) is 14.0. The highest BCUT2D eigenvalue weighted by Crippen LogP contribution is 2.64. The molecule has 0 saturated heterocycles. The van der Waals surface area contributed by atoms with Gasteiger partial charge < -0.3 is 5.11 Å². The molecule has 6 atom stereocenters. The Labute approximate surface area is 123 Å². The summed E-state index contributed by atoms with van der Waals surface area (Å²) in [6.07, 6.45) is 14.5. The minimum atomic E-state index is -0.0296. The number of aliphatic hydroxyl groups excluding tert-OH is 1. The molecule has 3 saturated carbocycles. The van der Waals surface area contributed by atoms with Crippen molar-refractivity contribution in [2.75, 3.05) is 0 Å². The summed E-state index contributed by atoms with van der Waals surface area (Å²) in [6.45, 7) is 4.96. The Kier molecular flexibility index (Phi) is 2.91. The van der Waals surface area contributed by atoms with Crippen molar-refractivity contribution in [1.82, 2.24) is 0 Å². The van der Waals surface area contributed by atoms with Gasteiger partial charge in [0.15, 0.2) is 0 Å². The first kappa shape index (κ1) is 13.4. The number of aliphatic hydroxyl groups is 1. The van der Waals surface area contributed by atoms with Crippen LogP contribution in [0.15, 0.2) is 11.6 Å². The molecule has 4 aliphatic rings. The fraction of sp³-hybridized carbons (Fsp3) is 0.895. The molecule has 0 spiro atoms. The monoisotopic (exact) mass is 274 g/mol. The van der Waals surface area contributed by atoms with Crippen LogP contribution in [0.4, 0.5) is 0 Å². The number of rotatable bonds is 0. The van der Waals surface area contributed by atoms with Crippen molar-refractivity contribution in [1.29, 1.82) is 0 Å². The molecule has 1 nitrogen and oxygen atoms in total. The van der Waals surface area contributed by atoms with Gasteiger partial charge in [-0.3, -0.25) is 0 Å². The molecule has 3 fully saturated rings. The molecule has 1 heteroatoms. The summed E-state index contributed by atoms with van der Waals surface area (Å²) in [7, 11) is 0. The fourth-order valence-corrected chi connectivity index (χ4v) is 6.67. The summed E-state index contributed by atoms with van der Waals surface area (Å²) in [5.74, 6) is 2.55. The molecule has 1 N–H and O–H groups in total. The summed E-state index contributed by atoms with van der Waals surface area (Å²) >= 11 is 0. The average molecular weight is 274 g/mol. The Morgan fingerprint density at radius 3 is 2.75 bits per heavy atom. The van der Waals surface area contributed by atoms with E-state index in [4.69, 9.17) is 0 Å². The Hall–Kier alpha value is -0.300. The van der Waals surface area contributed by atoms with Crippen LogP contribution in [-0.2, 0) is 0 Å². The van der Waals surface area contributed by atoms with Gasteiger partial charge in [0, 0.05) is 0 Å². The van der Waals surface area contributed by atoms with E-state index in [2.05, 4.69) is 19.9 Å². The topological polar surface area (TPSA) is 20.2 Å². The number of allylic oxidation sites excluding steroid dienone is 2. The van der Waals surface area contributed by atoms with Gasteiger partial charge in [0.2, 0.25) is 0 Å². The first-order valence-corrected chi connectivity index (χ1v) is 8.93. The summed E-state index contributed by atoms with van der Waals surface area (Å²) in [5.41, 5.74) is 2.54. The summed E-state index contributed by atoms with van der Waals surface area (Å²) in [4.78, 5) is 0. The molecule has 0 aromatic heterocycles. The number of hydrogen-bond donors (Lipinski definition) is 1. The molecular formula is C19H30O. The third-order valence-electron chi connectivity index (χ3n) is 7.97. The van der Waals surface area contributed by atoms with E-state index in [1.165, 1.54) is 51.4 Å². The van der Waals surface area contributed by atoms with Gasteiger partial charge in [-0.25, -0.2) is 0 Å². The molecule has 20 heavy (non-hydrogen) atoms. The van der Waals surface area contributed by atoms with Gasteiger partial charge in [-0.15, -0.1) is 0 Å². The van der Waals surface area contributed by atoms with E-state index in [0.717, 1.165) is 24.2 Å². The van der Waals surface area contributed by atoms with Gasteiger partial charge in [-0.05, 0) is 80.0 Å². The smallest absolute Gasteiger partial charge is 0.0596 e. The zero-order valence-corrected chi connectivity index (χ0v) is 13.2. The largest absolute Gasteiger partial charge is 0.393 e. The highest BCUT2D eigenvalue weighted by Gasteiger charge is 2.57. The first-order chi connectivity index (χ1) is 9.56. The van der Waals surface area contributed by atoms with Crippen LogP contribution < -0.4 is 0 Å². The van der Waals surface area contributed by atoms with E-state index >= 15 is 0 Å². The maximum Gasteiger partial charge on any atom is 0.0596 e. The van der Waals surface area contributed by atoms with Gasteiger partial charge in [0.25, 0.3) is 0 Å². The van der Waals surface area contributed by atoms with E-state index in [0.29, 0.717) is 5.41 Å². The third kappa shape index (κ3) is 1.59. The SMILES string of the molecule is C[C@]12CC[C@@H]3[C@H](CC=C4CCCC[C@@]43C)[C@H]1CC[C@@H]2O. The quantitative estimate of drug-likeness (QED) is 0.635. The lowest BCUT2D eigenvalue weighted by Crippen LogP contribution is -2.50. The predicted molar refractivity (Wildman–Crippen MR) is 82.3 cm³/mol. The van der Waals surface area contributed by atoms with Crippen LogP contribution >= 0.6 is 0 Å². The van der Waals surface area contributed by atoms with Crippen molar-refractivity contribution in [2.24, 2.45) is 28.6 Å². The van der Waals surface area contributed by atoms with Crippen LogP contribution in [0, 0.1) is 28.6 Å². The predicted octanol–water partition coefficient (Wildman–Crippen LogP) is 4.70. The van der Waals surface area contributed by atoms with Gasteiger partial charge in [0.1, 0.15) is 0 Å². The highest BCUT2D eigenvalue weighted by atomic mass is 16.3. The molecule has 0 heterocycles. The standard InChI is InChI=1S/C19H30O/c1-18-11-4-3-5-13(18)6-7-14-15-8-9-17(20)19(15,2)12-10-16(14)18/h6,14-17,20H,3-5,7-12H2,1-2H3/t14-,15-,16-,17+,18+,19+/m1/s1. The second-order valence-electron chi connectivity index (χ2n) is 8.60. The van der Waals surface area contributed by atoms with Gasteiger partial charge in [-0.2, -0.15) is 0 Å². The van der Waals surface area contributed by atoms with Crippen LogP contribution in [0.3, 0.4) is 0 Å². The van der Waals surface area contributed by atoms with Crippen molar-refractivity contribution in [2.45, 2.75) is 77.7 Å². The van der Waals surface area contributed by atoms with Gasteiger partial charge in [0.05, 0.1) is 6.10 Å². The van der Waals surface area contributed by atoms with Crippen molar-refractivity contribution in [3.05, 3.63) is 11.6 Å². The fourth-order valence-electron chi connectivity index (χ4n) is 6.67. The second kappa shape index (κ2) is 4.35. The number of hydrogen-bond acceptors (Lipinski definition) is 1. The van der Waals surface area contributed by atoms with E-state index in [1.54, 1.807) is 5.57 Å². The lowest BCUT2D eigenvalue weighted by molar-refractivity contribution is -0.0661. The summed E-state index contributed by atoms with van der Waals surface area (Å²) in [6, 6.07) is 0. The van der Waals surface area contributed by atoms with E-state index in [1.807, 2.05) is 0 Å². The van der Waals surface area contributed by atoms with Crippen LogP contribution in [0.25, 0.3) is 0 Å². The van der Waals surface area contributed by atoms with E-state index in [-0.39, 0.29) is 11.5 Å². The van der Waals surface area contributed by atoms with Crippen molar-refractivity contribution in [3.63, 3.8) is 0 Å². The molecule has 0 aliphatic heterocycles. The normalized spacial score (nSPS) is 54.6. The molecule has 0 radical (unpaired) electrons. The maximum absolute atomic E-state index is 10.5. The Balaban J connectivity index is 1.69. The third-order valence-corrected chi connectivity index (χ3v) is 7.97. The van der Waals surface area contributed by atoms with Crippen molar-refractivity contribution >= 4 is 0 Å². The maximum atomic E-state index is 10.5. The number of fused-ring (bicyclic) bond motifs is 5. The zero-order valence-electron chi connectivity index (χ0n) is 13.2. The lowest BCUT2D eigenvalue weighted by Gasteiger charge is -2.57. The minimum absolute atomic E-state index is 0.0296. The van der Waals surface area contributed by atoms with E-state index < -0.39 is 0 Å². The molecule has 4 rings (SSSR count). The highest BCUT2D eigenvalue weighted by molar-refractivity contribution is 5.24. The summed E-state index contributed by atoms with van der Waals surface area (Å²) in [5, 5.41) is 10.5. The van der Waals surface area contributed by atoms with Gasteiger partial charge >= 0.3 is 0 Å². The first-order valence-electron chi connectivity index (χ1n) is 8.93. The molecule has 0 bridgehead atoms. The van der Waals surface area contributed by atoms with Gasteiger partial charge in [-0.1, -0.05) is 31.9 Å². The summed E-state index contributed by atoms with van der Waals surface area (Å²) < 4.78 is 0. The molecule has 4 aliphatic carbocycles. The molecule has 0 aromatic rings. The second-order valence-corrected chi connectivity index (χ2v) is 8.60. The van der Waals surface area contributed by atoms with Crippen LogP contribution in [0.2, 0.25) is 0 Å². The molecule has 0 amide bonds. The van der Waals surface area contributed by atoms with Crippen LogP contribution in [-0.4, -0.2) is 11.2 Å². The minimum Gasteiger partial charge on any atom is -0.393 e. The molecule has 0 unspecified atom stereocenters. The average Bonchev–Trinajstić information content (AvgIpc) is 2.74. The molecular weight excluding hydrogens is 244 g/mol. The van der Waals surface area contributed by atoms with Crippen LogP contribution in [0.5, 0.6) is 0 Å². The Morgan fingerprint density at radius 2 is 1.90 bits per heavy atom. The van der Waals surface area contributed by atoms with Crippen molar-refractivity contribution in [3.8, 4) is 0 Å². The molecule has 112 valence electrons. The lowest BCUT2D eigenvalue weighted by atomic mass is 9.48. The van der Waals surface area contributed by atoms with Crippen LogP contribution in [0.1, 0.15) is 71.6 Å². The van der Waals surface area contributed by atoms with Crippen molar-refractivity contribution < 1.29 is 5.11 Å². The Bertz CT molecular complexity index is 439. The van der Waals surface area contributed by atoms with E-state index in [9.17, 15) is 5.11 Å². The molecule has 0 aromatic carbocycles.